The molecule has 2 aromatic rings. The Bertz CT molecular complexity index is 918. The highest BCUT2D eigenvalue weighted by Gasteiger charge is 2.31. The minimum atomic E-state index is 0. The molecule has 3 N–H and O–H groups in total. The van der Waals surface area contributed by atoms with Gasteiger partial charge in [0.1, 0.15) is 0 Å². The van der Waals surface area contributed by atoms with Crippen molar-refractivity contribution in [3.8, 4) is 0 Å². The summed E-state index contributed by atoms with van der Waals surface area (Å²) in [5.41, 5.74) is 3.81. The zero-order chi connectivity index (χ0) is 21.6. The van der Waals surface area contributed by atoms with E-state index in [0.717, 1.165) is 57.8 Å². The molecule has 1 aliphatic carbocycles. The number of rotatable bonds is 6. The lowest BCUT2D eigenvalue weighted by Gasteiger charge is -2.26. The Balaban J connectivity index is 0.00000289. The van der Waals surface area contributed by atoms with Gasteiger partial charge < -0.3 is 20.5 Å². The molecule has 7 heteroatoms. The van der Waals surface area contributed by atoms with Crippen LogP contribution in [-0.2, 0) is 11.2 Å². The quantitative estimate of drug-likeness (QED) is 0.284. The minimum absolute atomic E-state index is 0. The van der Waals surface area contributed by atoms with Crippen LogP contribution in [0.15, 0.2) is 29.4 Å². The van der Waals surface area contributed by atoms with E-state index in [1.54, 1.807) is 0 Å². The Labute approximate surface area is 209 Å². The van der Waals surface area contributed by atoms with Crippen LogP contribution >= 0.6 is 24.0 Å². The van der Waals surface area contributed by atoms with Crippen LogP contribution in [0.25, 0.3) is 10.9 Å². The van der Waals surface area contributed by atoms with Gasteiger partial charge in [-0.3, -0.25) is 9.79 Å². The molecule has 0 bridgehead atoms. The highest BCUT2D eigenvalue weighted by Crippen LogP contribution is 2.27. The number of H-pyrrole nitrogens is 1. The predicted octanol–water partition coefficient (Wildman–Crippen LogP) is 4.37. The zero-order valence-electron chi connectivity index (χ0n) is 19.5. The van der Waals surface area contributed by atoms with E-state index in [1.807, 2.05) is 0 Å². The lowest BCUT2D eigenvalue weighted by Crippen LogP contribution is -2.45. The maximum absolute atomic E-state index is 12.8. The fourth-order valence-electron chi connectivity index (χ4n) is 5.14. The smallest absolute Gasteiger partial charge is 0.225 e. The number of nitrogens with one attached hydrogen (secondary N) is 3. The van der Waals surface area contributed by atoms with Gasteiger partial charge in [-0.2, -0.15) is 0 Å². The average molecular weight is 552 g/mol. The third-order valence-electron chi connectivity index (χ3n) is 6.79. The largest absolute Gasteiger partial charge is 0.361 e. The number of hydrogen-bond acceptors (Lipinski definition) is 2. The number of benzene rings is 1. The Hall–Kier alpha value is -1.77. The number of halogens is 1. The molecule has 2 fully saturated rings. The van der Waals surface area contributed by atoms with Crippen molar-refractivity contribution < 1.29 is 4.79 Å². The molecule has 1 aromatic carbocycles. The predicted molar refractivity (Wildman–Crippen MR) is 143 cm³/mol. The molecule has 0 spiro atoms. The van der Waals surface area contributed by atoms with Gasteiger partial charge in [0, 0.05) is 55.2 Å². The monoisotopic (exact) mass is 551 g/mol. The van der Waals surface area contributed by atoms with E-state index in [9.17, 15) is 4.79 Å². The first kappa shape index (κ1) is 24.9. The van der Waals surface area contributed by atoms with Crippen LogP contribution in [-0.4, -0.2) is 54.0 Å². The van der Waals surface area contributed by atoms with Crippen molar-refractivity contribution in [1.82, 2.24) is 20.5 Å². The molecule has 4 rings (SSSR count). The summed E-state index contributed by atoms with van der Waals surface area (Å²) in [6.07, 6.45) is 9.85. The molecule has 6 nitrogen and oxygen atoms in total. The van der Waals surface area contributed by atoms with Gasteiger partial charge in [-0.1, -0.05) is 31.4 Å². The van der Waals surface area contributed by atoms with Crippen molar-refractivity contribution in [3.63, 3.8) is 0 Å². The average Bonchev–Trinajstić information content (AvgIpc) is 3.42. The Morgan fingerprint density at radius 1 is 1.22 bits per heavy atom. The molecule has 1 aliphatic heterocycles. The van der Waals surface area contributed by atoms with Crippen molar-refractivity contribution in [2.45, 2.75) is 64.8 Å². The molecule has 1 saturated heterocycles. The number of guanidine groups is 1. The van der Waals surface area contributed by atoms with E-state index in [2.05, 4.69) is 58.8 Å². The number of fused-ring (bicyclic) bond motifs is 1. The van der Waals surface area contributed by atoms with Crippen molar-refractivity contribution >= 4 is 46.7 Å². The van der Waals surface area contributed by atoms with E-state index >= 15 is 0 Å². The second kappa shape index (κ2) is 11.9. The van der Waals surface area contributed by atoms with Gasteiger partial charge in [-0.05, 0) is 56.7 Å². The van der Waals surface area contributed by atoms with Crippen molar-refractivity contribution in [2.24, 2.45) is 10.9 Å². The fraction of sp³-hybridized carbons (Fsp3) is 0.600. The molecule has 1 unspecified atom stereocenters. The SMILES string of the molecule is CCNC(=NCCc1c[nH]c2cccc(C)c12)NC1CCN(C(=O)C2CCCCC2)C1.I. The number of nitrogens with zero attached hydrogens (tertiary/aromatic N) is 2. The third-order valence-corrected chi connectivity index (χ3v) is 6.79. The molecular formula is C25H38IN5O. The molecular weight excluding hydrogens is 513 g/mol. The summed E-state index contributed by atoms with van der Waals surface area (Å²) in [4.78, 5) is 23.1. The van der Waals surface area contributed by atoms with E-state index in [1.165, 1.54) is 41.3 Å². The standard InChI is InChI=1S/C25H37N5O.HI/c1-3-26-25(27-14-12-20-16-28-22-11-7-8-18(2)23(20)22)29-21-13-15-30(17-21)24(31)19-9-5-4-6-10-19;/h7-8,11,16,19,21,28H,3-6,9-10,12-15,17H2,1-2H3,(H2,26,27,29);1H. The van der Waals surface area contributed by atoms with Gasteiger partial charge in [-0.15, -0.1) is 24.0 Å². The Morgan fingerprint density at radius 3 is 2.81 bits per heavy atom. The highest BCUT2D eigenvalue weighted by atomic mass is 127. The molecule has 1 aromatic heterocycles. The number of aromatic amines is 1. The van der Waals surface area contributed by atoms with Crippen molar-refractivity contribution in [3.05, 3.63) is 35.5 Å². The molecule has 2 aliphatic rings. The number of carbonyl (C=O) groups is 1. The van der Waals surface area contributed by atoms with Crippen LogP contribution in [0.5, 0.6) is 0 Å². The maximum atomic E-state index is 12.8. The summed E-state index contributed by atoms with van der Waals surface area (Å²) < 4.78 is 0. The minimum Gasteiger partial charge on any atom is -0.361 e. The fourth-order valence-corrected chi connectivity index (χ4v) is 5.14. The first-order valence-electron chi connectivity index (χ1n) is 12.0. The molecule has 1 atom stereocenters. The van der Waals surface area contributed by atoms with Crippen LogP contribution in [0.1, 0.15) is 56.6 Å². The molecule has 1 amide bonds. The zero-order valence-corrected chi connectivity index (χ0v) is 21.8. The van der Waals surface area contributed by atoms with Gasteiger partial charge in [0.15, 0.2) is 5.96 Å². The Kier molecular flexibility index (Phi) is 9.25. The van der Waals surface area contributed by atoms with Crippen LogP contribution in [0.3, 0.4) is 0 Å². The van der Waals surface area contributed by atoms with E-state index in [0.29, 0.717) is 5.91 Å². The molecule has 2 heterocycles. The lowest BCUT2D eigenvalue weighted by atomic mass is 9.88. The summed E-state index contributed by atoms with van der Waals surface area (Å²) in [7, 11) is 0. The first-order chi connectivity index (χ1) is 15.2. The van der Waals surface area contributed by atoms with Gasteiger partial charge in [0.05, 0.1) is 0 Å². The van der Waals surface area contributed by atoms with Crippen LogP contribution < -0.4 is 10.6 Å². The van der Waals surface area contributed by atoms with E-state index in [-0.39, 0.29) is 35.9 Å². The molecule has 176 valence electrons. The normalized spacial score (nSPS) is 19.8. The van der Waals surface area contributed by atoms with Crippen molar-refractivity contribution in [2.75, 3.05) is 26.2 Å². The number of amides is 1. The summed E-state index contributed by atoms with van der Waals surface area (Å²) in [6, 6.07) is 6.66. The number of carbonyl (C=O) groups excluding carboxylic acids is 1. The van der Waals surface area contributed by atoms with Gasteiger partial charge in [0.2, 0.25) is 5.91 Å². The van der Waals surface area contributed by atoms with Gasteiger partial charge >= 0.3 is 0 Å². The third kappa shape index (κ3) is 5.97. The van der Waals surface area contributed by atoms with Crippen LogP contribution in [0, 0.1) is 12.8 Å². The van der Waals surface area contributed by atoms with Crippen LogP contribution in [0.4, 0.5) is 0 Å². The number of likely N-dealkylation sites (tertiary alicyclic amines) is 1. The van der Waals surface area contributed by atoms with Gasteiger partial charge in [-0.25, -0.2) is 0 Å². The summed E-state index contributed by atoms with van der Waals surface area (Å²) >= 11 is 0. The molecule has 0 radical (unpaired) electrons. The second-order valence-corrected chi connectivity index (χ2v) is 9.07. The first-order valence-corrected chi connectivity index (χ1v) is 12.0. The second-order valence-electron chi connectivity index (χ2n) is 9.07. The number of aryl methyl sites for hydroxylation is 1. The maximum Gasteiger partial charge on any atom is 0.225 e. The van der Waals surface area contributed by atoms with E-state index < -0.39 is 0 Å². The van der Waals surface area contributed by atoms with Gasteiger partial charge in [0.25, 0.3) is 0 Å². The highest BCUT2D eigenvalue weighted by molar-refractivity contribution is 14.0. The summed E-state index contributed by atoms with van der Waals surface area (Å²) in [5, 5.41) is 8.27. The van der Waals surface area contributed by atoms with Crippen LogP contribution in [0.2, 0.25) is 0 Å². The number of hydrogen-bond donors (Lipinski definition) is 3. The number of aliphatic imine (C=N–C) groups is 1. The van der Waals surface area contributed by atoms with Crippen molar-refractivity contribution in [1.29, 1.82) is 0 Å². The Morgan fingerprint density at radius 2 is 2.03 bits per heavy atom. The molecule has 1 saturated carbocycles. The summed E-state index contributed by atoms with van der Waals surface area (Å²) in [5.74, 6) is 1.49. The lowest BCUT2D eigenvalue weighted by molar-refractivity contribution is -0.135. The number of aromatic nitrogens is 1. The summed E-state index contributed by atoms with van der Waals surface area (Å²) in [6.45, 7) is 7.47. The molecule has 32 heavy (non-hydrogen) atoms. The van der Waals surface area contributed by atoms with E-state index in [4.69, 9.17) is 4.99 Å². The topological polar surface area (TPSA) is 72.5 Å².